The van der Waals surface area contributed by atoms with E-state index in [1.165, 1.54) is 0 Å². The Labute approximate surface area is 116 Å². The predicted molar refractivity (Wildman–Crippen MR) is 76.4 cm³/mol. The Balaban J connectivity index is 1.93. The summed E-state index contributed by atoms with van der Waals surface area (Å²) in [7, 11) is 0. The third-order valence-corrected chi connectivity index (χ3v) is 3.50. The second-order valence-corrected chi connectivity index (χ2v) is 4.81. The number of H-pyrrole nitrogens is 1. The number of ether oxygens (including phenoxy) is 1. The molecule has 0 aromatic carbocycles. The zero-order valence-corrected chi connectivity index (χ0v) is 11.5. The van der Waals surface area contributed by atoms with Crippen LogP contribution >= 0.6 is 0 Å². The van der Waals surface area contributed by atoms with Gasteiger partial charge in [0.25, 0.3) is 0 Å². The van der Waals surface area contributed by atoms with Crippen LogP contribution in [0.15, 0.2) is 6.20 Å². The molecule has 0 bridgehead atoms. The quantitative estimate of drug-likeness (QED) is 0.556. The number of hydrogen-bond acceptors (Lipinski definition) is 7. The van der Waals surface area contributed by atoms with Gasteiger partial charge in [0.1, 0.15) is 5.82 Å². The fraction of sp³-hybridized carbons (Fsp3) is 0.583. The van der Waals surface area contributed by atoms with E-state index in [1.54, 1.807) is 6.20 Å². The Bertz CT molecular complexity index is 582. The van der Waals surface area contributed by atoms with Gasteiger partial charge < -0.3 is 9.64 Å². The highest BCUT2D eigenvalue weighted by Crippen LogP contribution is 2.27. The molecule has 0 spiro atoms. The number of aromatic amines is 1. The summed E-state index contributed by atoms with van der Waals surface area (Å²) >= 11 is 0. The van der Waals surface area contributed by atoms with E-state index in [1.807, 2.05) is 6.92 Å². The van der Waals surface area contributed by atoms with Crippen molar-refractivity contribution in [3.8, 4) is 0 Å². The second kappa shape index (κ2) is 5.59. The molecule has 0 saturated carbocycles. The van der Waals surface area contributed by atoms with Gasteiger partial charge in [-0.05, 0) is 19.8 Å². The van der Waals surface area contributed by atoms with Gasteiger partial charge in [0, 0.05) is 19.7 Å². The summed E-state index contributed by atoms with van der Waals surface area (Å²) in [5.74, 6) is 6.66. The molecule has 20 heavy (non-hydrogen) atoms. The average Bonchev–Trinajstić information content (AvgIpc) is 2.95. The lowest BCUT2D eigenvalue weighted by Gasteiger charge is -2.33. The number of nitrogens with zero attached hydrogens (tertiary/aromatic N) is 4. The van der Waals surface area contributed by atoms with Crippen molar-refractivity contribution in [2.75, 3.05) is 30.0 Å². The molecule has 1 atom stereocenters. The highest BCUT2D eigenvalue weighted by molar-refractivity contribution is 5.87. The Hall–Kier alpha value is -1.93. The molecule has 3 heterocycles. The van der Waals surface area contributed by atoms with Crippen molar-refractivity contribution in [2.45, 2.75) is 25.9 Å². The minimum absolute atomic E-state index is 0.250. The number of hydrogen-bond donors (Lipinski definition) is 3. The van der Waals surface area contributed by atoms with Crippen molar-refractivity contribution in [3.05, 3.63) is 6.20 Å². The molecule has 1 fully saturated rings. The molecule has 0 amide bonds. The first-order valence-electron chi connectivity index (χ1n) is 6.86. The number of fused-ring (bicyclic) bond motifs is 1. The molecule has 108 valence electrons. The third-order valence-electron chi connectivity index (χ3n) is 3.50. The summed E-state index contributed by atoms with van der Waals surface area (Å²) in [5, 5.41) is 7.79. The number of aromatic nitrogens is 4. The first kappa shape index (κ1) is 13.1. The molecule has 1 aliphatic heterocycles. The fourth-order valence-corrected chi connectivity index (χ4v) is 2.63. The van der Waals surface area contributed by atoms with Gasteiger partial charge in [-0.15, -0.1) is 0 Å². The lowest BCUT2D eigenvalue weighted by molar-refractivity contribution is 0.0526. The monoisotopic (exact) mass is 277 g/mol. The van der Waals surface area contributed by atoms with E-state index in [0.717, 1.165) is 43.7 Å². The van der Waals surface area contributed by atoms with Crippen molar-refractivity contribution in [2.24, 2.45) is 5.84 Å². The van der Waals surface area contributed by atoms with Crippen molar-refractivity contribution < 1.29 is 4.74 Å². The molecule has 2 aromatic heterocycles. The molecule has 4 N–H and O–H groups in total. The van der Waals surface area contributed by atoms with Gasteiger partial charge in [0.15, 0.2) is 5.65 Å². The van der Waals surface area contributed by atoms with Crippen LogP contribution in [0.1, 0.15) is 19.8 Å². The number of hydrazine groups is 1. The molecule has 0 radical (unpaired) electrons. The van der Waals surface area contributed by atoms with Crippen LogP contribution < -0.4 is 16.2 Å². The van der Waals surface area contributed by atoms with Crippen LogP contribution in [0.5, 0.6) is 0 Å². The number of nitrogens with one attached hydrogen (secondary N) is 2. The Kier molecular flexibility index (Phi) is 3.66. The number of nitrogen functional groups attached to an aromatic ring is 1. The molecule has 0 aliphatic carbocycles. The zero-order valence-electron chi connectivity index (χ0n) is 11.5. The van der Waals surface area contributed by atoms with Crippen LogP contribution in [0.4, 0.5) is 11.8 Å². The molecule has 3 rings (SSSR count). The number of piperidine rings is 1. The van der Waals surface area contributed by atoms with Gasteiger partial charge in [0.2, 0.25) is 5.95 Å². The predicted octanol–water partition coefficient (Wildman–Crippen LogP) is 0.644. The maximum atomic E-state index is 5.74. The summed E-state index contributed by atoms with van der Waals surface area (Å²) in [5.41, 5.74) is 3.18. The smallest absolute Gasteiger partial charge is 0.241 e. The minimum Gasteiger partial charge on any atom is -0.377 e. The van der Waals surface area contributed by atoms with Gasteiger partial charge in [0.05, 0.1) is 17.7 Å². The van der Waals surface area contributed by atoms with E-state index in [2.05, 4.69) is 30.5 Å². The molecule has 1 aliphatic rings. The second-order valence-electron chi connectivity index (χ2n) is 4.81. The van der Waals surface area contributed by atoms with Gasteiger partial charge >= 0.3 is 0 Å². The Morgan fingerprint density at radius 1 is 1.55 bits per heavy atom. The van der Waals surface area contributed by atoms with E-state index < -0.39 is 0 Å². The van der Waals surface area contributed by atoms with Crippen LogP contribution in [0.25, 0.3) is 11.0 Å². The average molecular weight is 277 g/mol. The van der Waals surface area contributed by atoms with Gasteiger partial charge in [-0.3, -0.25) is 10.5 Å². The highest BCUT2D eigenvalue weighted by atomic mass is 16.5. The molecular weight excluding hydrogens is 258 g/mol. The first-order chi connectivity index (χ1) is 9.81. The third kappa shape index (κ3) is 2.39. The minimum atomic E-state index is 0.250. The number of rotatable bonds is 4. The molecule has 2 aromatic rings. The number of anilines is 2. The molecular formula is C12H19N7O. The van der Waals surface area contributed by atoms with E-state index in [9.17, 15) is 0 Å². The molecule has 8 heteroatoms. The standard InChI is InChI=1S/C12H19N7O/c1-2-20-8-4-3-5-19(7-8)11-9-6-14-18-10(9)15-12(16-11)17-13/h6,8H,2-5,7,13H2,1H3,(H2,14,15,16,17,18). The van der Waals surface area contributed by atoms with Crippen LogP contribution in [0, 0.1) is 0 Å². The normalized spacial score (nSPS) is 19.5. The van der Waals surface area contributed by atoms with Crippen molar-refractivity contribution >= 4 is 22.8 Å². The molecule has 1 unspecified atom stereocenters. The maximum Gasteiger partial charge on any atom is 0.241 e. The summed E-state index contributed by atoms with van der Waals surface area (Å²) < 4.78 is 5.74. The number of nitrogens with two attached hydrogens (primary N) is 1. The Morgan fingerprint density at radius 3 is 3.25 bits per heavy atom. The van der Waals surface area contributed by atoms with Crippen LogP contribution in [-0.2, 0) is 4.74 Å². The van der Waals surface area contributed by atoms with Crippen molar-refractivity contribution in [1.29, 1.82) is 0 Å². The highest BCUT2D eigenvalue weighted by Gasteiger charge is 2.23. The first-order valence-corrected chi connectivity index (χ1v) is 6.86. The lowest BCUT2D eigenvalue weighted by atomic mass is 10.1. The maximum absolute atomic E-state index is 5.74. The van der Waals surface area contributed by atoms with E-state index in [4.69, 9.17) is 10.6 Å². The topological polar surface area (TPSA) is 105 Å². The van der Waals surface area contributed by atoms with Crippen LogP contribution in [0.2, 0.25) is 0 Å². The van der Waals surface area contributed by atoms with Crippen LogP contribution in [0.3, 0.4) is 0 Å². The van der Waals surface area contributed by atoms with Gasteiger partial charge in [-0.25, -0.2) is 5.84 Å². The summed E-state index contributed by atoms with van der Waals surface area (Å²) in [6, 6.07) is 0. The van der Waals surface area contributed by atoms with Crippen LogP contribution in [-0.4, -0.2) is 46.0 Å². The fourth-order valence-electron chi connectivity index (χ4n) is 2.63. The largest absolute Gasteiger partial charge is 0.377 e. The molecule has 8 nitrogen and oxygen atoms in total. The lowest BCUT2D eigenvalue weighted by Crippen LogP contribution is -2.40. The molecule has 1 saturated heterocycles. The van der Waals surface area contributed by atoms with E-state index in [-0.39, 0.29) is 6.10 Å². The SMILES string of the molecule is CCOC1CCCN(c2nc(NN)nc3[nH]ncc23)C1. The van der Waals surface area contributed by atoms with E-state index in [0.29, 0.717) is 11.6 Å². The zero-order chi connectivity index (χ0) is 13.9. The summed E-state index contributed by atoms with van der Waals surface area (Å²) in [6.07, 6.45) is 4.17. The van der Waals surface area contributed by atoms with E-state index >= 15 is 0 Å². The van der Waals surface area contributed by atoms with Gasteiger partial charge in [-0.1, -0.05) is 0 Å². The van der Waals surface area contributed by atoms with Crippen molar-refractivity contribution in [3.63, 3.8) is 0 Å². The Morgan fingerprint density at radius 2 is 2.45 bits per heavy atom. The van der Waals surface area contributed by atoms with Crippen molar-refractivity contribution in [1.82, 2.24) is 20.2 Å². The van der Waals surface area contributed by atoms with Gasteiger partial charge in [-0.2, -0.15) is 15.1 Å². The summed E-state index contributed by atoms with van der Waals surface area (Å²) in [6.45, 7) is 4.54. The summed E-state index contributed by atoms with van der Waals surface area (Å²) in [4.78, 5) is 10.9.